The first-order valence-electron chi connectivity index (χ1n) is 6.50. The second-order valence-corrected chi connectivity index (χ2v) is 7.00. The molecule has 1 aliphatic heterocycles. The van der Waals surface area contributed by atoms with Gasteiger partial charge in [-0.05, 0) is 11.1 Å². The third kappa shape index (κ3) is 3.17. The highest BCUT2D eigenvalue weighted by Crippen LogP contribution is 2.36. The van der Waals surface area contributed by atoms with Crippen molar-refractivity contribution in [2.24, 2.45) is 0 Å². The van der Waals surface area contributed by atoms with Crippen LogP contribution in [0.2, 0.25) is 0 Å². The van der Waals surface area contributed by atoms with Gasteiger partial charge < -0.3 is 0 Å². The molecule has 0 atom stereocenters. The van der Waals surface area contributed by atoms with E-state index in [2.05, 4.69) is 12.1 Å². The molecule has 1 nitrogen and oxygen atoms in total. The summed E-state index contributed by atoms with van der Waals surface area (Å²) in [5.41, 5.74) is 3.07. The summed E-state index contributed by atoms with van der Waals surface area (Å²) >= 11 is 3.54. The lowest BCUT2D eigenvalue weighted by atomic mass is 10.0. The molecule has 0 aromatic heterocycles. The molecule has 0 unspecified atom stereocenters. The molecule has 20 heavy (non-hydrogen) atoms. The highest BCUT2D eigenvalue weighted by atomic mass is 32.2. The molecule has 0 spiro atoms. The average molecular weight is 298 g/mol. The quantitative estimate of drug-likeness (QED) is 0.595. The first-order chi connectivity index (χ1) is 9.83. The van der Waals surface area contributed by atoms with Crippen molar-refractivity contribution in [3.05, 3.63) is 70.5 Å². The molecule has 0 bridgehead atoms. The molecular formula is C17H14OS2. The van der Waals surface area contributed by atoms with E-state index in [9.17, 15) is 4.79 Å². The second kappa shape index (κ2) is 6.33. The lowest BCUT2D eigenvalue weighted by molar-refractivity contribution is 0.104. The lowest BCUT2D eigenvalue weighted by Crippen LogP contribution is -1.94. The monoisotopic (exact) mass is 298 g/mol. The molecule has 2 aromatic carbocycles. The van der Waals surface area contributed by atoms with Gasteiger partial charge in [0.1, 0.15) is 0 Å². The summed E-state index contributed by atoms with van der Waals surface area (Å²) in [7, 11) is 0. The van der Waals surface area contributed by atoms with Crippen molar-refractivity contribution in [2.75, 3.05) is 11.5 Å². The number of benzene rings is 2. The van der Waals surface area contributed by atoms with Gasteiger partial charge in [0.2, 0.25) is 0 Å². The van der Waals surface area contributed by atoms with Crippen LogP contribution in [0, 0.1) is 0 Å². The Bertz CT molecular complexity index is 622. The van der Waals surface area contributed by atoms with Crippen LogP contribution in [0.15, 0.2) is 64.9 Å². The highest BCUT2D eigenvalue weighted by molar-refractivity contribution is 8.25. The van der Waals surface area contributed by atoms with Crippen LogP contribution in [0.1, 0.15) is 10.4 Å². The Balaban J connectivity index is 1.79. The molecule has 0 radical (unpaired) electrons. The van der Waals surface area contributed by atoms with Gasteiger partial charge in [-0.15, -0.1) is 23.5 Å². The average Bonchev–Trinajstić information content (AvgIpc) is 3.01. The Morgan fingerprint density at radius 2 is 1.45 bits per heavy atom. The van der Waals surface area contributed by atoms with E-state index in [1.807, 2.05) is 42.5 Å². The predicted molar refractivity (Wildman–Crippen MR) is 89.2 cm³/mol. The van der Waals surface area contributed by atoms with Crippen molar-refractivity contribution in [1.29, 1.82) is 0 Å². The van der Waals surface area contributed by atoms with Crippen LogP contribution >= 0.6 is 23.5 Å². The standard InChI is InChI=1S/C17H14OS2/c18-16(12-17-19-10-11-20-17)15-8-6-14(7-9-15)13-4-2-1-3-5-13/h1-9,12H,10-11H2. The molecule has 1 heterocycles. The van der Waals surface area contributed by atoms with Crippen molar-refractivity contribution in [1.82, 2.24) is 0 Å². The minimum atomic E-state index is 0.0986. The zero-order valence-electron chi connectivity index (χ0n) is 10.9. The summed E-state index contributed by atoms with van der Waals surface area (Å²) < 4.78 is 1.14. The van der Waals surface area contributed by atoms with Gasteiger partial charge in [-0.2, -0.15) is 0 Å². The number of ketones is 1. The maximum Gasteiger partial charge on any atom is 0.187 e. The van der Waals surface area contributed by atoms with Gasteiger partial charge in [0.05, 0.1) is 0 Å². The third-order valence-electron chi connectivity index (χ3n) is 3.10. The maximum absolute atomic E-state index is 12.1. The van der Waals surface area contributed by atoms with Gasteiger partial charge in [0.15, 0.2) is 5.78 Å². The zero-order valence-corrected chi connectivity index (χ0v) is 12.5. The molecule has 3 rings (SSSR count). The largest absolute Gasteiger partial charge is 0.289 e. The lowest BCUT2D eigenvalue weighted by Gasteiger charge is -2.02. The van der Waals surface area contributed by atoms with Crippen molar-refractivity contribution < 1.29 is 4.79 Å². The molecule has 0 aliphatic carbocycles. The number of hydrogen-bond acceptors (Lipinski definition) is 3. The van der Waals surface area contributed by atoms with Crippen molar-refractivity contribution >= 4 is 29.3 Å². The molecule has 1 saturated heterocycles. The molecule has 0 amide bonds. The Labute approximate surface area is 127 Å². The van der Waals surface area contributed by atoms with Gasteiger partial charge in [0, 0.05) is 27.4 Å². The molecule has 3 heteroatoms. The van der Waals surface area contributed by atoms with E-state index in [4.69, 9.17) is 0 Å². The van der Waals surface area contributed by atoms with E-state index >= 15 is 0 Å². The fourth-order valence-electron chi connectivity index (χ4n) is 2.06. The van der Waals surface area contributed by atoms with Crippen molar-refractivity contribution in [3.63, 3.8) is 0 Å². The van der Waals surface area contributed by atoms with E-state index in [0.717, 1.165) is 26.9 Å². The smallest absolute Gasteiger partial charge is 0.187 e. The van der Waals surface area contributed by atoms with Gasteiger partial charge in [-0.1, -0.05) is 54.6 Å². The number of carbonyl (C=O) groups excluding carboxylic acids is 1. The first kappa shape index (κ1) is 13.5. The summed E-state index contributed by atoms with van der Waals surface area (Å²) in [5, 5.41) is 0. The normalized spacial score (nSPS) is 14.3. The molecule has 0 N–H and O–H groups in total. The van der Waals surface area contributed by atoms with Crippen molar-refractivity contribution in [3.8, 4) is 11.1 Å². The minimum Gasteiger partial charge on any atom is -0.289 e. The fourth-order valence-corrected chi connectivity index (χ4v) is 4.34. The molecule has 1 aliphatic rings. The Kier molecular flexibility index (Phi) is 4.28. The summed E-state index contributed by atoms with van der Waals surface area (Å²) in [6, 6.07) is 18.0. The van der Waals surface area contributed by atoms with E-state index < -0.39 is 0 Å². The van der Waals surface area contributed by atoms with Crippen LogP contribution in [0.3, 0.4) is 0 Å². The predicted octanol–water partition coefficient (Wildman–Crippen LogP) is 4.86. The molecule has 2 aromatic rings. The van der Waals surface area contributed by atoms with E-state index in [-0.39, 0.29) is 5.78 Å². The number of rotatable bonds is 3. The SMILES string of the molecule is O=C(C=C1SCCS1)c1ccc(-c2ccccc2)cc1. The first-order valence-corrected chi connectivity index (χ1v) is 8.47. The molecule has 0 saturated carbocycles. The minimum absolute atomic E-state index is 0.0986. The highest BCUT2D eigenvalue weighted by Gasteiger charge is 2.11. The van der Waals surface area contributed by atoms with Gasteiger partial charge in [-0.3, -0.25) is 4.79 Å². The summed E-state index contributed by atoms with van der Waals surface area (Å²) in [6.07, 6.45) is 1.76. The maximum atomic E-state index is 12.1. The third-order valence-corrected chi connectivity index (χ3v) is 5.68. The van der Waals surface area contributed by atoms with Gasteiger partial charge in [0.25, 0.3) is 0 Å². The molecular weight excluding hydrogens is 284 g/mol. The van der Waals surface area contributed by atoms with Gasteiger partial charge >= 0.3 is 0 Å². The number of hydrogen-bond donors (Lipinski definition) is 0. The second-order valence-electron chi connectivity index (χ2n) is 4.47. The van der Waals surface area contributed by atoms with Crippen LogP contribution in [0.25, 0.3) is 11.1 Å². The van der Waals surface area contributed by atoms with Crippen LogP contribution in [-0.2, 0) is 0 Å². The molecule has 1 fully saturated rings. The van der Waals surface area contributed by atoms with Crippen LogP contribution < -0.4 is 0 Å². The van der Waals surface area contributed by atoms with E-state index in [1.165, 1.54) is 5.56 Å². The molecule has 100 valence electrons. The van der Waals surface area contributed by atoms with Crippen molar-refractivity contribution in [2.45, 2.75) is 0 Å². The Hall–Kier alpha value is -1.45. The van der Waals surface area contributed by atoms with E-state index in [0.29, 0.717) is 0 Å². The summed E-state index contributed by atoms with van der Waals surface area (Å²) in [6.45, 7) is 0. The van der Waals surface area contributed by atoms with Crippen LogP contribution in [0.4, 0.5) is 0 Å². The Morgan fingerprint density at radius 1 is 0.850 bits per heavy atom. The number of carbonyl (C=O) groups is 1. The summed E-state index contributed by atoms with van der Waals surface area (Å²) in [5.74, 6) is 2.31. The summed E-state index contributed by atoms with van der Waals surface area (Å²) in [4.78, 5) is 12.1. The van der Waals surface area contributed by atoms with E-state index in [1.54, 1.807) is 29.6 Å². The Morgan fingerprint density at radius 3 is 2.10 bits per heavy atom. The zero-order chi connectivity index (χ0) is 13.8. The van der Waals surface area contributed by atoms with Gasteiger partial charge in [-0.25, -0.2) is 0 Å². The fraction of sp³-hybridized carbons (Fsp3) is 0.118. The van der Waals surface area contributed by atoms with Crippen LogP contribution in [0.5, 0.6) is 0 Å². The van der Waals surface area contributed by atoms with Crippen LogP contribution in [-0.4, -0.2) is 17.3 Å². The number of thioether (sulfide) groups is 2. The number of allylic oxidation sites excluding steroid dienone is 1. The topological polar surface area (TPSA) is 17.1 Å².